The number of rotatable bonds is 0. The molecular formula is C11H7F2N. The highest BCUT2D eigenvalue weighted by molar-refractivity contribution is 5.39. The maximum atomic E-state index is 13.0. The molecule has 1 aromatic rings. The van der Waals surface area contributed by atoms with Gasteiger partial charge in [-0.2, -0.15) is 5.26 Å². The number of aryl methyl sites for hydroxylation is 1. The quantitative estimate of drug-likeness (QED) is 0.578. The Kier molecular flexibility index (Phi) is 3.20. The average Bonchev–Trinajstić information content (AvgIpc) is 2.14. The van der Waals surface area contributed by atoms with Crippen LogP contribution < -0.4 is 0 Å². The van der Waals surface area contributed by atoms with E-state index in [1.807, 2.05) is 6.07 Å². The van der Waals surface area contributed by atoms with E-state index in [1.165, 1.54) is 13.0 Å². The molecular weight excluding hydrogens is 184 g/mol. The average molecular weight is 191 g/mol. The van der Waals surface area contributed by atoms with Gasteiger partial charge in [0.1, 0.15) is 11.6 Å². The lowest BCUT2D eigenvalue weighted by molar-refractivity contribution is 0.575. The molecule has 1 rings (SSSR count). The van der Waals surface area contributed by atoms with Crippen LogP contribution in [0.15, 0.2) is 12.1 Å². The molecule has 0 aliphatic rings. The zero-order valence-electron chi connectivity index (χ0n) is 7.56. The summed E-state index contributed by atoms with van der Waals surface area (Å²) in [5.74, 6) is 3.65. The molecule has 0 aliphatic carbocycles. The summed E-state index contributed by atoms with van der Waals surface area (Å²) in [6, 6.07) is 3.94. The molecule has 0 unspecified atom stereocenters. The third-order valence-electron chi connectivity index (χ3n) is 1.64. The van der Waals surface area contributed by atoms with Crippen LogP contribution in [0.2, 0.25) is 0 Å². The Labute approximate surface area is 81.0 Å². The summed E-state index contributed by atoms with van der Waals surface area (Å²) in [5, 5.41) is 8.21. The van der Waals surface area contributed by atoms with Crippen LogP contribution in [0.4, 0.5) is 8.78 Å². The van der Waals surface area contributed by atoms with E-state index >= 15 is 0 Å². The van der Waals surface area contributed by atoms with E-state index in [9.17, 15) is 8.78 Å². The van der Waals surface area contributed by atoms with Crippen LogP contribution >= 0.6 is 0 Å². The fourth-order valence-corrected chi connectivity index (χ4v) is 0.932. The van der Waals surface area contributed by atoms with Crippen molar-refractivity contribution in [3.8, 4) is 17.9 Å². The van der Waals surface area contributed by atoms with Crippen molar-refractivity contribution >= 4 is 0 Å². The first kappa shape index (κ1) is 10.2. The predicted octanol–water partition coefficient (Wildman–Crippen LogP) is 2.54. The minimum Gasteiger partial charge on any atom is -0.207 e. The van der Waals surface area contributed by atoms with Crippen molar-refractivity contribution in [2.75, 3.05) is 0 Å². The Hall–Kier alpha value is -1.87. The Morgan fingerprint density at radius 3 is 2.64 bits per heavy atom. The van der Waals surface area contributed by atoms with E-state index < -0.39 is 11.6 Å². The van der Waals surface area contributed by atoms with Gasteiger partial charge in [-0.1, -0.05) is 11.8 Å². The first-order chi connectivity index (χ1) is 6.65. The summed E-state index contributed by atoms with van der Waals surface area (Å²) in [5.41, 5.74) is 0.465. The van der Waals surface area contributed by atoms with Crippen molar-refractivity contribution in [1.82, 2.24) is 0 Å². The highest BCUT2D eigenvalue weighted by atomic mass is 19.1. The normalized spacial score (nSPS) is 8.71. The molecule has 0 aromatic heterocycles. The van der Waals surface area contributed by atoms with E-state index in [1.54, 1.807) is 0 Å². The molecule has 0 aliphatic heterocycles. The van der Waals surface area contributed by atoms with E-state index in [0.717, 1.165) is 6.07 Å². The van der Waals surface area contributed by atoms with E-state index in [-0.39, 0.29) is 12.0 Å². The van der Waals surface area contributed by atoms with Crippen molar-refractivity contribution in [1.29, 1.82) is 5.26 Å². The summed E-state index contributed by atoms with van der Waals surface area (Å²) >= 11 is 0. The first-order valence-electron chi connectivity index (χ1n) is 3.96. The lowest BCUT2D eigenvalue weighted by Crippen LogP contribution is -1.89. The van der Waals surface area contributed by atoms with Crippen LogP contribution in [0.1, 0.15) is 17.5 Å². The SMILES string of the molecule is Cc1cc(C#CCC#N)c(F)cc1F. The van der Waals surface area contributed by atoms with Crippen LogP contribution in [0, 0.1) is 41.7 Å². The highest BCUT2D eigenvalue weighted by Gasteiger charge is 2.04. The number of hydrogen-bond donors (Lipinski definition) is 0. The molecule has 0 heterocycles. The Balaban J connectivity index is 3.07. The second kappa shape index (κ2) is 4.39. The number of nitrogens with zero attached hydrogens (tertiary/aromatic N) is 1. The highest BCUT2D eigenvalue weighted by Crippen LogP contribution is 2.12. The molecule has 14 heavy (non-hydrogen) atoms. The summed E-state index contributed by atoms with van der Waals surface area (Å²) in [7, 11) is 0. The summed E-state index contributed by atoms with van der Waals surface area (Å²) < 4.78 is 25.8. The molecule has 0 amide bonds. The van der Waals surface area contributed by atoms with Gasteiger partial charge in [-0.3, -0.25) is 0 Å². The second-order valence-corrected chi connectivity index (χ2v) is 2.72. The first-order valence-corrected chi connectivity index (χ1v) is 3.96. The zero-order valence-corrected chi connectivity index (χ0v) is 7.56. The molecule has 1 aromatic carbocycles. The van der Waals surface area contributed by atoms with Gasteiger partial charge in [-0.15, -0.1) is 0 Å². The molecule has 0 fully saturated rings. The fraction of sp³-hybridized carbons (Fsp3) is 0.182. The Morgan fingerprint density at radius 1 is 1.29 bits per heavy atom. The molecule has 70 valence electrons. The van der Waals surface area contributed by atoms with E-state index in [2.05, 4.69) is 11.8 Å². The summed E-state index contributed by atoms with van der Waals surface area (Å²) in [6.07, 6.45) is 0.0376. The van der Waals surface area contributed by atoms with Gasteiger partial charge in [0.2, 0.25) is 0 Å². The second-order valence-electron chi connectivity index (χ2n) is 2.72. The number of hydrogen-bond acceptors (Lipinski definition) is 1. The third kappa shape index (κ3) is 2.31. The topological polar surface area (TPSA) is 23.8 Å². The fourth-order valence-electron chi connectivity index (χ4n) is 0.932. The zero-order chi connectivity index (χ0) is 10.6. The van der Waals surface area contributed by atoms with Crippen molar-refractivity contribution in [3.63, 3.8) is 0 Å². The van der Waals surface area contributed by atoms with Crippen LogP contribution in [-0.4, -0.2) is 0 Å². The van der Waals surface area contributed by atoms with Crippen LogP contribution in [0.3, 0.4) is 0 Å². The Morgan fingerprint density at radius 2 is 2.00 bits per heavy atom. The third-order valence-corrected chi connectivity index (χ3v) is 1.64. The van der Waals surface area contributed by atoms with E-state index in [4.69, 9.17) is 5.26 Å². The van der Waals surface area contributed by atoms with Crippen molar-refractivity contribution in [2.45, 2.75) is 13.3 Å². The van der Waals surface area contributed by atoms with Crippen molar-refractivity contribution in [2.24, 2.45) is 0 Å². The molecule has 0 spiro atoms. The van der Waals surface area contributed by atoms with Gasteiger partial charge < -0.3 is 0 Å². The summed E-state index contributed by atoms with van der Waals surface area (Å²) in [6.45, 7) is 1.53. The van der Waals surface area contributed by atoms with Gasteiger partial charge in [0.25, 0.3) is 0 Å². The molecule has 0 saturated heterocycles. The van der Waals surface area contributed by atoms with Crippen molar-refractivity contribution < 1.29 is 8.78 Å². The van der Waals surface area contributed by atoms with E-state index in [0.29, 0.717) is 5.56 Å². The Bertz CT molecular complexity index is 447. The largest absolute Gasteiger partial charge is 0.207 e. The smallest absolute Gasteiger partial charge is 0.141 e. The van der Waals surface area contributed by atoms with Crippen molar-refractivity contribution in [3.05, 3.63) is 34.9 Å². The molecule has 3 heteroatoms. The monoisotopic (exact) mass is 191 g/mol. The summed E-state index contributed by atoms with van der Waals surface area (Å²) in [4.78, 5) is 0. The molecule has 0 saturated carbocycles. The van der Waals surface area contributed by atoms with Gasteiger partial charge in [0.15, 0.2) is 0 Å². The molecule has 0 atom stereocenters. The molecule has 0 N–H and O–H groups in total. The maximum absolute atomic E-state index is 13.0. The lowest BCUT2D eigenvalue weighted by atomic mass is 10.1. The van der Waals surface area contributed by atoms with Gasteiger partial charge in [-0.05, 0) is 18.6 Å². The molecule has 0 radical (unpaired) electrons. The van der Waals surface area contributed by atoms with Gasteiger partial charge in [0.05, 0.1) is 18.1 Å². The van der Waals surface area contributed by atoms with Gasteiger partial charge in [0, 0.05) is 6.07 Å². The van der Waals surface area contributed by atoms with Crippen LogP contribution in [0.25, 0.3) is 0 Å². The molecule has 1 nitrogen and oxygen atoms in total. The maximum Gasteiger partial charge on any atom is 0.141 e. The van der Waals surface area contributed by atoms with Crippen LogP contribution in [0.5, 0.6) is 0 Å². The number of halogens is 2. The lowest BCUT2D eigenvalue weighted by Gasteiger charge is -1.98. The predicted molar refractivity (Wildman–Crippen MR) is 48.2 cm³/mol. The standard InChI is InChI=1S/C11H7F2N/c1-8-6-9(4-2-3-5-14)11(13)7-10(8)12/h6-7H,3H2,1H3. The minimum absolute atomic E-state index is 0.0376. The molecule has 0 bridgehead atoms. The van der Waals surface area contributed by atoms with Gasteiger partial charge >= 0.3 is 0 Å². The minimum atomic E-state index is -0.696. The number of nitriles is 1. The van der Waals surface area contributed by atoms with Gasteiger partial charge in [-0.25, -0.2) is 8.78 Å². The number of benzene rings is 1. The van der Waals surface area contributed by atoms with Crippen LogP contribution in [-0.2, 0) is 0 Å².